The molecule has 0 unspecified atom stereocenters. The van der Waals surface area contributed by atoms with Crippen molar-refractivity contribution in [3.05, 3.63) is 63.6 Å². The van der Waals surface area contributed by atoms with Crippen molar-refractivity contribution in [1.82, 2.24) is 0 Å². The summed E-state index contributed by atoms with van der Waals surface area (Å²) in [7, 11) is 1.55. The van der Waals surface area contributed by atoms with Gasteiger partial charge in [0.25, 0.3) is 0 Å². The molecular weight excluding hydrogens is 370 g/mol. The average molecular weight is 386 g/mol. The molecule has 2 rings (SSSR count). The largest absolute Gasteiger partial charge is 0.492 e. The summed E-state index contributed by atoms with van der Waals surface area (Å²) in [6.45, 7) is 2.35. The van der Waals surface area contributed by atoms with Crippen LogP contribution in [0.25, 0.3) is 6.08 Å². The normalized spacial score (nSPS) is 10.8. The van der Waals surface area contributed by atoms with Crippen LogP contribution in [0.15, 0.2) is 52.5 Å². The van der Waals surface area contributed by atoms with Crippen molar-refractivity contribution in [2.45, 2.75) is 6.92 Å². The molecule has 2 aromatic carbocycles. The molecule has 24 heavy (non-hydrogen) atoms. The highest BCUT2D eigenvalue weighted by Gasteiger charge is 2.14. The molecule has 0 N–H and O–H groups in total. The lowest BCUT2D eigenvalue weighted by molar-refractivity contribution is 0.104. The number of rotatable bonds is 6. The highest BCUT2D eigenvalue weighted by Crippen LogP contribution is 2.37. The summed E-state index contributed by atoms with van der Waals surface area (Å²) in [5.74, 6) is 0.801. The number of methoxy groups -OCH3 is 1. The summed E-state index contributed by atoms with van der Waals surface area (Å²) in [4.78, 5) is 12.4. The van der Waals surface area contributed by atoms with Gasteiger partial charge in [0.1, 0.15) is 11.6 Å². The van der Waals surface area contributed by atoms with E-state index < -0.39 is 0 Å². The number of nitriles is 1. The molecule has 0 fully saturated rings. The van der Waals surface area contributed by atoms with Gasteiger partial charge in [-0.15, -0.1) is 0 Å². The van der Waals surface area contributed by atoms with E-state index in [4.69, 9.17) is 9.47 Å². The fourth-order valence-electron chi connectivity index (χ4n) is 2.19. The number of hydrogen-bond donors (Lipinski definition) is 0. The minimum atomic E-state index is -0.317. The topological polar surface area (TPSA) is 59.3 Å². The fraction of sp³-hybridized carbons (Fsp3) is 0.158. The average Bonchev–Trinajstić information content (AvgIpc) is 2.60. The molecule has 0 spiro atoms. The van der Waals surface area contributed by atoms with E-state index in [0.717, 1.165) is 0 Å². The molecule has 0 amide bonds. The van der Waals surface area contributed by atoms with Gasteiger partial charge in [-0.25, -0.2) is 0 Å². The number of hydrogen-bond acceptors (Lipinski definition) is 4. The Morgan fingerprint density at radius 2 is 2.00 bits per heavy atom. The summed E-state index contributed by atoms with van der Waals surface area (Å²) < 4.78 is 11.6. The second-order valence-corrected chi connectivity index (χ2v) is 5.69. The maximum absolute atomic E-state index is 12.4. The van der Waals surface area contributed by atoms with Crippen molar-refractivity contribution in [3.8, 4) is 17.6 Å². The Bertz CT molecular complexity index is 807. The van der Waals surface area contributed by atoms with Gasteiger partial charge in [-0.05, 0) is 46.6 Å². The third-order valence-corrected chi connectivity index (χ3v) is 3.84. The first-order chi connectivity index (χ1) is 11.6. The van der Waals surface area contributed by atoms with Crippen molar-refractivity contribution in [2.75, 3.05) is 13.7 Å². The Morgan fingerprint density at radius 3 is 2.58 bits per heavy atom. The maximum atomic E-state index is 12.4. The van der Waals surface area contributed by atoms with E-state index in [0.29, 0.717) is 33.7 Å². The minimum Gasteiger partial charge on any atom is -0.492 e. The lowest BCUT2D eigenvalue weighted by atomic mass is 10.0. The Kier molecular flexibility index (Phi) is 6.16. The molecule has 0 aromatic heterocycles. The van der Waals surface area contributed by atoms with E-state index in [1.165, 1.54) is 0 Å². The molecular formula is C19H16BrNO3. The zero-order chi connectivity index (χ0) is 17.5. The summed E-state index contributed by atoms with van der Waals surface area (Å²) in [5.41, 5.74) is 1.20. The van der Waals surface area contributed by atoms with E-state index in [-0.39, 0.29) is 11.4 Å². The lowest BCUT2D eigenvalue weighted by Crippen LogP contribution is -2.02. The molecule has 0 aliphatic rings. The van der Waals surface area contributed by atoms with Crippen LogP contribution in [0.5, 0.6) is 11.5 Å². The van der Waals surface area contributed by atoms with Crippen LogP contribution < -0.4 is 9.47 Å². The van der Waals surface area contributed by atoms with Gasteiger partial charge in [-0.1, -0.05) is 30.3 Å². The van der Waals surface area contributed by atoms with E-state index in [1.54, 1.807) is 49.6 Å². The van der Waals surface area contributed by atoms with Gasteiger partial charge in [-0.3, -0.25) is 4.79 Å². The number of allylic oxidation sites excluding steroid dienone is 1. The second kappa shape index (κ2) is 8.32. The SMILES string of the molecule is CCOc1cc(/C=C(\C#N)C(=O)c2ccccc2)cc(Br)c1OC. The number of ketones is 1. The number of carbonyl (C=O) groups is 1. The monoisotopic (exact) mass is 385 g/mol. The number of halogens is 1. The minimum absolute atomic E-state index is 0.0562. The van der Waals surface area contributed by atoms with Crippen LogP contribution in [0, 0.1) is 11.3 Å². The molecule has 5 heteroatoms. The van der Waals surface area contributed by atoms with E-state index >= 15 is 0 Å². The number of benzene rings is 2. The Labute approximate surface area is 149 Å². The molecule has 2 aromatic rings. The van der Waals surface area contributed by atoms with Gasteiger partial charge in [-0.2, -0.15) is 5.26 Å². The third kappa shape index (κ3) is 4.03. The Morgan fingerprint density at radius 1 is 1.29 bits per heavy atom. The third-order valence-electron chi connectivity index (χ3n) is 3.25. The molecule has 4 nitrogen and oxygen atoms in total. The Hall–Kier alpha value is -2.58. The van der Waals surface area contributed by atoms with Crippen LogP contribution in [0.1, 0.15) is 22.8 Å². The first-order valence-corrected chi connectivity index (χ1v) is 8.11. The lowest BCUT2D eigenvalue weighted by Gasteiger charge is -2.12. The first-order valence-electron chi connectivity index (χ1n) is 7.32. The highest BCUT2D eigenvalue weighted by atomic mass is 79.9. The van der Waals surface area contributed by atoms with Crippen molar-refractivity contribution in [3.63, 3.8) is 0 Å². The van der Waals surface area contributed by atoms with Gasteiger partial charge >= 0.3 is 0 Å². The Balaban J connectivity index is 2.45. The summed E-state index contributed by atoms with van der Waals surface area (Å²) in [6, 6.07) is 14.2. The van der Waals surface area contributed by atoms with Crippen LogP contribution in [-0.2, 0) is 0 Å². The molecule has 0 saturated heterocycles. The predicted molar refractivity (Wildman–Crippen MR) is 96.2 cm³/mol. The standard InChI is InChI=1S/C19H16BrNO3/c1-3-24-17-11-13(10-16(20)19(17)23-2)9-15(12-21)18(22)14-7-5-4-6-8-14/h4-11H,3H2,1-2H3/b15-9+. The molecule has 0 aliphatic carbocycles. The van der Waals surface area contributed by atoms with Crippen molar-refractivity contribution in [2.24, 2.45) is 0 Å². The van der Waals surface area contributed by atoms with Gasteiger partial charge in [0.15, 0.2) is 11.5 Å². The number of carbonyl (C=O) groups excluding carboxylic acids is 1. The van der Waals surface area contributed by atoms with Crippen LogP contribution in [-0.4, -0.2) is 19.5 Å². The van der Waals surface area contributed by atoms with E-state index in [1.807, 2.05) is 19.1 Å². The predicted octanol–water partition coefficient (Wildman–Crippen LogP) is 4.65. The molecule has 0 atom stereocenters. The van der Waals surface area contributed by atoms with Crippen LogP contribution >= 0.6 is 15.9 Å². The van der Waals surface area contributed by atoms with E-state index in [2.05, 4.69) is 15.9 Å². The van der Waals surface area contributed by atoms with Crippen LogP contribution in [0.4, 0.5) is 0 Å². The fourth-order valence-corrected chi connectivity index (χ4v) is 2.81. The molecule has 0 heterocycles. The first kappa shape index (κ1) is 17.8. The summed E-state index contributed by atoms with van der Waals surface area (Å²) in [6.07, 6.45) is 1.54. The molecule has 122 valence electrons. The van der Waals surface area contributed by atoms with E-state index in [9.17, 15) is 10.1 Å². The summed E-state index contributed by atoms with van der Waals surface area (Å²) >= 11 is 3.42. The van der Waals surface area contributed by atoms with Crippen molar-refractivity contribution < 1.29 is 14.3 Å². The van der Waals surface area contributed by atoms with Crippen LogP contribution in [0.3, 0.4) is 0 Å². The molecule has 0 bridgehead atoms. The summed E-state index contributed by atoms with van der Waals surface area (Å²) in [5, 5.41) is 9.36. The number of Topliss-reactive ketones (excluding diaryl/α,β-unsaturated/α-hetero) is 1. The second-order valence-electron chi connectivity index (χ2n) is 4.83. The highest BCUT2D eigenvalue weighted by molar-refractivity contribution is 9.10. The van der Waals surface area contributed by atoms with Gasteiger partial charge < -0.3 is 9.47 Å². The number of ether oxygens (including phenoxy) is 2. The zero-order valence-corrected chi connectivity index (χ0v) is 15.0. The zero-order valence-electron chi connectivity index (χ0n) is 13.4. The molecule has 0 radical (unpaired) electrons. The van der Waals surface area contributed by atoms with Gasteiger partial charge in [0.05, 0.1) is 18.2 Å². The molecule has 0 aliphatic heterocycles. The quantitative estimate of drug-likeness (QED) is 0.412. The number of nitrogens with zero attached hydrogens (tertiary/aromatic N) is 1. The van der Waals surface area contributed by atoms with Gasteiger partial charge in [0.2, 0.25) is 5.78 Å². The maximum Gasteiger partial charge on any atom is 0.203 e. The van der Waals surface area contributed by atoms with Crippen molar-refractivity contribution >= 4 is 27.8 Å². The van der Waals surface area contributed by atoms with Gasteiger partial charge in [0, 0.05) is 5.56 Å². The smallest absolute Gasteiger partial charge is 0.203 e. The molecule has 0 saturated carbocycles. The van der Waals surface area contributed by atoms with Crippen molar-refractivity contribution in [1.29, 1.82) is 5.26 Å². The van der Waals surface area contributed by atoms with Crippen LogP contribution in [0.2, 0.25) is 0 Å².